The van der Waals surface area contributed by atoms with Gasteiger partial charge in [-0.25, -0.2) is 0 Å². The highest BCUT2D eigenvalue weighted by Crippen LogP contribution is 2.23. The van der Waals surface area contributed by atoms with Crippen molar-refractivity contribution in [1.29, 1.82) is 0 Å². The molecule has 0 aliphatic carbocycles. The van der Waals surface area contributed by atoms with Crippen LogP contribution in [0.15, 0.2) is 24.3 Å². The van der Waals surface area contributed by atoms with E-state index < -0.39 is 0 Å². The van der Waals surface area contributed by atoms with Crippen LogP contribution in [0.3, 0.4) is 0 Å². The van der Waals surface area contributed by atoms with Gasteiger partial charge < -0.3 is 10.6 Å². The van der Waals surface area contributed by atoms with Crippen molar-refractivity contribution in [2.75, 3.05) is 20.1 Å². The Bertz CT molecular complexity index is 387. The summed E-state index contributed by atoms with van der Waals surface area (Å²) in [5, 5.41) is 0. The lowest BCUT2D eigenvalue weighted by Crippen LogP contribution is -2.30. The molecule has 0 bridgehead atoms. The maximum absolute atomic E-state index is 6.32. The van der Waals surface area contributed by atoms with Crippen molar-refractivity contribution in [2.45, 2.75) is 52.5 Å². The van der Waals surface area contributed by atoms with Crippen molar-refractivity contribution < 1.29 is 0 Å². The first-order valence-corrected chi connectivity index (χ1v) is 7.74. The zero-order chi connectivity index (χ0) is 15.3. The van der Waals surface area contributed by atoms with Gasteiger partial charge in [0.1, 0.15) is 0 Å². The van der Waals surface area contributed by atoms with Crippen LogP contribution in [-0.2, 0) is 5.41 Å². The summed E-state index contributed by atoms with van der Waals surface area (Å²) in [4.78, 5) is 2.34. The Morgan fingerprint density at radius 3 is 2.10 bits per heavy atom. The smallest absolute Gasteiger partial charge is 0.0424 e. The molecule has 0 saturated heterocycles. The topological polar surface area (TPSA) is 29.3 Å². The SMILES string of the molecule is CC(C)CCN(C)CC(N)c1ccc(C(C)(C)C)cc1. The number of rotatable bonds is 6. The quantitative estimate of drug-likeness (QED) is 0.852. The van der Waals surface area contributed by atoms with Gasteiger partial charge in [0.2, 0.25) is 0 Å². The van der Waals surface area contributed by atoms with Gasteiger partial charge in [0.15, 0.2) is 0 Å². The van der Waals surface area contributed by atoms with Gasteiger partial charge >= 0.3 is 0 Å². The molecule has 2 N–H and O–H groups in total. The molecule has 1 rings (SSSR count). The molecule has 0 aliphatic rings. The van der Waals surface area contributed by atoms with Crippen LogP contribution in [-0.4, -0.2) is 25.0 Å². The van der Waals surface area contributed by atoms with E-state index in [0.29, 0.717) is 0 Å². The van der Waals surface area contributed by atoms with Crippen molar-refractivity contribution in [3.8, 4) is 0 Å². The Morgan fingerprint density at radius 2 is 1.65 bits per heavy atom. The van der Waals surface area contributed by atoms with E-state index in [2.05, 4.69) is 70.8 Å². The van der Waals surface area contributed by atoms with Crippen LogP contribution in [0, 0.1) is 5.92 Å². The molecule has 0 fully saturated rings. The average Bonchev–Trinajstić information content (AvgIpc) is 2.35. The summed E-state index contributed by atoms with van der Waals surface area (Å²) >= 11 is 0. The Labute approximate surface area is 125 Å². The highest BCUT2D eigenvalue weighted by atomic mass is 15.1. The third-order valence-corrected chi connectivity index (χ3v) is 3.80. The first-order valence-electron chi connectivity index (χ1n) is 7.74. The molecular weight excluding hydrogens is 244 g/mol. The van der Waals surface area contributed by atoms with E-state index in [1.54, 1.807) is 0 Å². The minimum atomic E-state index is 0.0983. The summed E-state index contributed by atoms with van der Waals surface area (Å²) in [6.45, 7) is 13.3. The normalized spacial score (nSPS) is 14.1. The van der Waals surface area contributed by atoms with Gasteiger partial charge in [-0.05, 0) is 42.5 Å². The summed E-state index contributed by atoms with van der Waals surface area (Å²) in [6.07, 6.45) is 1.23. The van der Waals surface area contributed by atoms with Gasteiger partial charge in [-0.3, -0.25) is 0 Å². The van der Waals surface area contributed by atoms with Gasteiger partial charge in [0, 0.05) is 12.6 Å². The number of hydrogen-bond donors (Lipinski definition) is 1. The van der Waals surface area contributed by atoms with Crippen LogP contribution < -0.4 is 5.73 Å². The van der Waals surface area contributed by atoms with E-state index in [-0.39, 0.29) is 11.5 Å². The molecule has 2 heteroatoms. The molecule has 0 spiro atoms. The standard InChI is InChI=1S/C18H32N2/c1-14(2)11-12-20(6)13-17(19)15-7-9-16(10-8-15)18(3,4)5/h7-10,14,17H,11-13,19H2,1-6H3. The van der Waals surface area contributed by atoms with E-state index in [1.165, 1.54) is 17.5 Å². The second kappa shape index (κ2) is 7.24. The third-order valence-electron chi connectivity index (χ3n) is 3.80. The Kier molecular flexibility index (Phi) is 6.22. The zero-order valence-corrected chi connectivity index (χ0v) is 14.1. The lowest BCUT2D eigenvalue weighted by atomic mass is 9.86. The summed E-state index contributed by atoms with van der Waals surface area (Å²) < 4.78 is 0. The third kappa shape index (κ3) is 5.64. The molecular formula is C18H32N2. The maximum atomic E-state index is 6.32. The van der Waals surface area contributed by atoms with Gasteiger partial charge in [-0.1, -0.05) is 58.9 Å². The van der Waals surface area contributed by atoms with Crippen molar-refractivity contribution in [1.82, 2.24) is 4.90 Å². The summed E-state index contributed by atoms with van der Waals surface area (Å²) in [5.41, 5.74) is 9.12. The molecule has 0 radical (unpaired) electrons. The summed E-state index contributed by atoms with van der Waals surface area (Å²) in [7, 11) is 2.16. The van der Waals surface area contributed by atoms with E-state index in [0.717, 1.165) is 19.0 Å². The van der Waals surface area contributed by atoms with Crippen LogP contribution in [0.1, 0.15) is 58.2 Å². The molecule has 0 saturated carbocycles. The predicted octanol–water partition coefficient (Wildman–Crippen LogP) is 3.96. The van der Waals surface area contributed by atoms with E-state index >= 15 is 0 Å². The van der Waals surface area contributed by atoms with Gasteiger partial charge in [0.05, 0.1) is 0 Å². The monoisotopic (exact) mass is 276 g/mol. The van der Waals surface area contributed by atoms with Crippen LogP contribution in [0.5, 0.6) is 0 Å². The van der Waals surface area contributed by atoms with Crippen molar-refractivity contribution in [3.05, 3.63) is 35.4 Å². The largest absolute Gasteiger partial charge is 0.323 e. The van der Waals surface area contributed by atoms with Crippen molar-refractivity contribution in [3.63, 3.8) is 0 Å². The Balaban J connectivity index is 2.57. The van der Waals surface area contributed by atoms with Crippen molar-refractivity contribution in [2.24, 2.45) is 11.7 Å². The molecule has 1 atom stereocenters. The molecule has 1 unspecified atom stereocenters. The summed E-state index contributed by atoms with van der Waals surface area (Å²) in [6, 6.07) is 8.89. The van der Waals surface area contributed by atoms with E-state index in [1.807, 2.05) is 0 Å². The molecule has 2 nitrogen and oxygen atoms in total. The summed E-state index contributed by atoms with van der Waals surface area (Å²) in [5.74, 6) is 0.750. The number of nitrogens with zero attached hydrogens (tertiary/aromatic N) is 1. The lowest BCUT2D eigenvalue weighted by molar-refractivity contribution is 0.293. The van der Waals surface area contributed by atoms with Gasteiger partial charge in [-0.2, -0.15) is 0 Å². The molecule has 114 valence electrons. The highest BCUT2D eigenvalue weighted by Gasteiger charge is 2.15. The fourth-order valence-corrected chi connectivity index (χ4v) is 2.24. The number of hydrogen-bond acceptors (Lipinski definition) is 2. The molecule has 1 aromatic carbocycles. The van der Waals surface area contributed by atoms with Crippen molar-refractivity contribution >= 4 is 0 Å². The molecule has 1 aromatic rings. The molecule has 0 heterocycles. The van der Waals surface area contributed by atoms with E-state index in [9.17, 15) is 0 Å². The number of nitrogens with two attached hydrogens (primary N) is 1. The van der Waals surface area contributed by atoms with E-state index in [4.69, 9.17) is 5.73 Å². The van der Waals surface area contributed by atoms with Crippen LogP contribution in [0.4, 0.5) is 0 Å². The first kappa shape index (κ1) is 17.2. The second-order valence-corrected chi connectivity index (χ2v) is 7.42. The van der Waals surface area contributed by atoms with Crippen LogP contribution >= 0.6 is 0 Å². The fraction of sp³-hybridized carbons (Fsp3) is 0.667. The Hall–Kier alpha value is -0.860. The first-order chi connectivity index (χ1) is 9.20. The minimum Gasteiger partial charge on any atom is -0.323 e. The molecule has 0 amide bonds. The number of benzene rings is 1. The molecule has 0 aliphatic heterocycles. The zero-order valence-electron chi connectivity index (χ0n) is 14.1. The van der Waals surface area contributed by atoms with Gasteiger partial charge in [-0.15, -0.1) is 0 Å². The fourth-order valence-electron chi connectivity index (χ4n) is 2.24. The Morgan fingerprint density at radius 1 is 1.10 bits per heavy atom. The predicted molar refractivity (Wildman–Crippen MR) is 89.0 cm³/mol. The lowest BCUT2D eigenvalue weighted by Gasteiger charge is -2.23. The number of likely N-dealkylation sites (N-methyl/N-ethyl adjacent to an activating group) is 1. The maximum Gasteiger partial charge on any atom is 0.0424 e. The van der Waals surface area contributed by atoms with Crippen LogP contribution in [0.2, 0.25) is 0 Å². The molecule has 0 aromatic heterocycles. The minimum absolute atomic E-state index is 0.0983. The molecule has 20 heavy (non-hydrogen) atoms. The van der Waals surface area contributed by atoms with Gasteiger partial charge in [0.25, 0.3) is 0 Å². The average molecular weight is 276 g/mol. The van der Waals surface area contributed by atoms with Crippen LogP contribution in [0.25, 0.3) is 0 Å². The highest BCUT2D eigenvalue weighted by molar-refractivity contribution is 5.29. The second-order valence-electron chi connectivity index (χ2n) is 7.42.